The highest BCUT2D eigenvalue weighted by Gasteiger charge is 2.48. The van der Waals surface area contributed by atoms with Gasteiger partial charge in [-0.15, -0.1) is 0 Å². The van der Waals surface area contributed by atoms with Gasteiger partial charge in [0, 0.05) is 18.6 Å². The van der Waals surface area contributed by atoms with E-state index in [0.29, 0.717) is 23.9 Å². The van der Waals surface area contributed by atoms with Crippen LogP contribution in [0.1, 0.15) is 40.0 Å². The van der Waals surface area contributed by atoms with Gasteiger partial charge in [-0.3, -0.25) is 0 Å². The Morgan fingerprint density at radius 2 is 1.95 bits per heavy atom. The van der Waals surface area contributed by atoms with E-state index in [0.717, 1.165) is 12.8 Å². The van der Waals surface area contributed by atoms with Gasteiger partial charge >= 0.3 is 0 Å². The van der Waals surface area contributed by atoms with Crippen LogP contribution in [-0.2, 0) is 4.43 Å². The van der Waals surface area contributed by atoms with E-state index < -0.39 is 8.32 Å². The first-order chi connectivity index (χ1) is 8.65. The van der Waals surface area contributed by atoms with Crippen LogP contribution >= 0.6 is 0 Å². The Balaban J connectivity index is 1.99. The fourth-order valence-electron chi connectivity index (χ4n) is 3.58. The molecule has 2 aliphatic rings. The van der Waals surface area contributed by atoms with Crippen molar-refractivity contribution in [2.24, 2.45) is 17.8 Å². The van der Waals surface area contributed by atoms with Crippen LogP contribution in [0.2, 0.25) is 18.1 Å². The van der Waals surface area contributed by atoms with Crippen LogP contribution in [0.15, 0.2) is 12.2 Å². The quantitative estimate of drug-likeness (QED) is 0.627. The highest BCUT2D eigenvalue weighted by atomic mass is 28.4. The molecule has 0 spiro atoms. The molecular weight excluding hydrogens is 252 g/mol. The van der Waals surface area contributed by atoms with E-state index in [-0.39, 0.29) is 11.6 Å². The molecule has 110 valence electrons. The molecule has 2 fully saturated rings. The van der Waals surface area contributed by atoms with E-state index in [1.54, 1.807) is 0 Å². The Labute approximate surface area is 119 Å². The van der Waals surface area contributed by atoms with E-state index in [4.69, 9.17) is 4.43 Å². The molecule has 0 aromatic rings. The van der Waals surface area contributed by atoms with E-state index in [1.807, 2.05) is 0 Å². The molecule has 0 saturated heterocycles. The Morgan fingerprint density at radius 3 is 2.47 bits per heavy atom. The summed E-state index contributed by atoms with van der Waals surface area (Å²) in [5, 5.41) is 9.82. The molecule has 0 aromatic heterocycles. The van der Waals surface area contributed by atoms with Crippen molar-refractivity contribution in [2.75, 3.05) is 6.61 Å². The lowest BCUT2D eigenvalue weighted by atomic mass is 9.92. The van der Waals surface area contributed by atoms with Crippen LogP contribution in [0.4, 0.5) is 0 Å². The van der Waals surface area contributed by atoms with Crippen molar-refractivity contribution >= 4 is 8.32 Å². The maximum atomic E-state index is 9.54. The van der Waals surface area contributed by atoms with Gasteiger partial charge in [0.15, 0.2) is 8.32 Å². The molecule has 3 heteroatoms. The van der Waals surface area contributed by atoms with Crippen molar-refractivity contribution < 1.29 is 9.53 Å². The van der Waals surface area contributed by atoms with Gasteiger partial charge in [0.05, 0.1) is 0 Å². The first kappa shape index (κ1) is 15.3. The lowest BCUT2D eigenvalue weighted by Crippen LogP contribution is -2.43. The zero-order chi connectivity index (χ0) is 14.4. The van der Waals surface area contributed by atoms with E-state index in [9.17, 15) is 5.11 Å². The zero-order valence-corrected chi connectivity index (χ0v) is 14.2. The Bertz CT molecular complexity index is 356. The van der Waals surface area contributed by atoms with E-state index in [2.05, 4.69) is 40.4 Å². The SMILES string of the molecule is C=C1C[C@H]2C[C@@H](O[Si](C)(C)C(C)(C)C)C[C@H]2[C@@H]1CO. The summed E-state index contributed by atoms with van der Waals surface area (Å²) < 4.78 is 6.56. The second kappa shape index (κ2) is 5.01. The molecule has 0 unspecified atom stereocenters. The van der Waals surface area contributed by atoms with Gasteiger partial charge in [0.1, 0.15) is 0 Å². The predicted molar refractivity (Wildman–Crippen MR) is 82.6 cm³/mol. The maximum absolute atomic E-state index is 9.54. The molecule has 0 radical (unpaired) electrons. The van der Waals surface area contributed by atoms with Crippen molar-refractivity contribution in [2.45, 2.75) is 64.3 Å². The molecule has 4 atom stereocenters. The lowest BCUT2D eigenvalue weighted by molar-refractivity contribution is 0.165. The van der Waals surface area contributed by atoms with Crippen molar-refractivity contribution in [1.29, 1.82) is 0 Å². The molecule has 0 bridgehead atoms. The van der Waals surface area contributed by atoms with E-state index >= 15 is 0 Å². The highest BCUT2D eigenvalue weighted by Crippen LogP contribution is 2.51. The van der Waals surface area contributed by atoms with Crippen LogP contribution in [0, 0.1) is 17.8 Å². The predicted octanol–water partition coefficient (Wildman–Crippen LogP) is 3.97. The number of hydrogen-bond acceptors (Lipinski definition) is 2. The average molecular weight is 282 g/mol. The number of aliphatic hydroxyl groups excluding tert-OH is 1. The number of rotatable bonds is 3. The first-order valence-electron chi connectivity index (χ1n) is 7.62. The molecule has 1 N–H and O–H groups in total. The normalized spacial score (nSPS) is 35.8. The second-order valence-electron chi connectivity index (χ2n) is 8.05. The van der Waals surface area contributed by atoms with Crippen LogP contribution in [-0.4, -0.2) is 26.1 Å². The van der Waals surface area contributed by atoms with Gasteiger partial charge in [-0.1, -0.05) is 32.9 Å². The molecule has 2 aliphatic carbocycles. The standard InChI is InChI=1S/C16H30O2Si/c1-11-7-12-8-13(9-14(12)15(11)10-17)18-19(5,6)16(2,3)4/h12-15,17H,1,7-10H2,2-6H3/t12-,13+,14+,15+/m0/s1. The van der Waals surface area contributed by atoms with Gasteiger partial charge < -0.3 is 9.53 Å². The number of aliphatic hydroxyl groups is 1. The summed E-state index contributed by atoms with van der Waals surface area (Å²) in [6, 6.07) is 0. The number of hydrogen-bond donors (Lipinski definition) is 1. The molecule has 0 heterocycles. The summed E-state index contributed by atoms with van der Waals surface area (Å²) in [4.78, 5) is 0. The minimum atomic E-state index is -1.65. The van der Waals surface area contributed by atoms with Crippen LogP contribution in [0.25, 0.3) is 0 Å². The topological polar surface area (TPSA) is 29.5 Å². The van der Waals surface area contributed by atoms with Gasteiger partial charge in [-0.2, -0.15) is 0 Å². The summed E-state index contributed by atoms with van der Waals surface area (Å²) in [7, 11) is -1.65. The van der Waals surface area contributed by atoms with Crippen molar-refractivity contribution in [3.63, 3.8) is 0 Å². The van der Waals surface area contributed by atoms with Crippen molar-refractivity contribution in [1.82, 2.24) is 0 Å². The fraction of sp³-hybridized carbons (Fsp3) is 0.875. The minimum absolute atomic E-state index is 0.271. The molecule has 2 rings (SSSR count). The summed E-state index contributed by atoms with van der Waals surface area (Å²) in [6.45, 7) is 16.0. The van der Waals surface area contributed by atoms with Gasteiger partial charge in [-0.25, -0.2) is 0 Å². The van der Waals surface area contributed by atoms with Gasteiger partial charge in [0.25, 0.3) is 0 Å². The molecule has 2 saturated carbocycles. The monoisotopic (exact) mass is 282 g/mol. The summed E-state index contributed by atoms with van der Waals surface area (Å²) in [5.41, 5.74) is 1.27. The first-order valence-corrected chi connectivity index (χ1v) is 10.5. The molecular formula is C16H30O2Si. The molecule has 0 aliphatic heterocycles. The zero-order valence-electron chi connectivity index (χ0n) is 13.2. The Kier molecular flexibility index (Phi) is 4.03. The largest absolute Gasteiger partial charge is 0.414 e. The average Bonchev–Trinajstić information content (AvgIpc) is 2.71. The Hall–Kier alpha value is -0.123. The Morgan fingerprint density at radius 1 is 1.32 bits per heavy atom. The van der Waals surface area contributed by atoms with Crippen LogP contribution in [0.3, 0.4) is 0 Å². The van der Waals surface area contributed by atoms with Gasteiger partial charge in [-0.05, 0) is 49.2 Å². The third-order valence-electron chi connectivity index (χ3n) is 5.74. The molecule has 2 nitrogen and oxygen atoms in total. The fourth-order valence-corrected chi connectivity index (χ4v) is 4.96. The van der Waals surface area contributed by atoms with Gasteiger partial charge in [0.2, 0.25) is 0 Å². The summed E-state index contributed by atoms with van der Waals surface area (Å²) in [5.74, 6) is 1.66. The minimum Gasteiger partial charge on any atom is -0.414 e. The van der Waals surface area contributed by atoms with Crippen molar-refractivity contribution in [3.8, 4) is 0 Å². The summed E-state index contributed by atoms with van der Waals surface area (Å²) in [6.07, 6.45) is 3.82. The molecule has 0 amide bonds. The van der Waals surface area contributed by atoms with Crippen LogP contribution < -0.4 is 0 Å². The van der Waals surface area contributed by atoms with Crippen molar-refractivity contribution in [3.05, 3.63) is 12.2 Å². The summed E-state index contributed by atoms with van der Waals surface area (Å²) >= 11 is 0. The van der Waals surface area contributed by atoms with E-state index in [1.165, 1.54) is 12.0 Å². The third kappa shape index (κ3) is 2.83. The second-order valence-corrected chi connectivity index (χ2v) is 12.8. The smallest absolute Gasteiger partial charge is 0.192 e. The lowest BCUT2D eigenvalue weighted by Gasteiger charge is -2.38. The number of fused-ring (bicyclic) bond motifs is 1. The van der Waals surface area contributed by atoms with Crippen LogP contribution in [0.5, 0.6) is 0 Å². The highest BCUT2D eigenvalue weighted by molar-refractivity contribution is 6.74. The third-order valence-corrected chi connectivity index (χ3v) is 10.3. The molecule has 19 heavy (non-hydrogen) atoms. The maximum Gasteiger partial charge on any atom is 0.192 e. The molecule has 0 aromatic carbocycles.